The van der Waals surface area contributed by atoms with Crippen LogP contribution < -0.4 is 10.0 Å². The van der Waals surface area contributed by atoms with Crippen molar-refractivity contribution in [2.75, 3.05) is 0 Å². The van der Waals surface area contributed by atoms with Crippen LogP contribution in [-0.2, 0) is 11.3 Å². The van der Waals surface area contributed by atoms with Crippen LogP contribution in [0.2, 0.25) is 0 Å². The molecule has 0 aliphatic carbocycles. The maximum absolute atomic E-state index is 10.8. The van der Waals surface area contributed by atoms with Crippen molar-refractivity contribution >= 4 is 11.9 Å². The quantitative estimate of drug-likeness (QED) is 0.442. The van der Waals surface area contributed by atoms with Crippen molar-refractivity contribution < 1.29 is 24.5 Å². The van der Waals surface area contributed by atoms with Gasteiger partial charge in [-0.25, -0.2) is 14.8 Å². The average molecular weight is 299 g/mol. The first-order chi connectivity index (χ1) is 10.0. The highest BCUT2D eigenvalue weighted by Crippen LogP contribution is 1.99. The molecule has 1 heterocycles. The van der Waals surface area contributed by atoms with E-state index in [4.69, 9.17) is 10.3 Å². The molecule has 21 heavy (non-hydrogen) atoms. The fraction of sp³-hybridized carbons (Fsp3) is 0.533. The summed E-state index contributed by atoms with van der Waals surface area (Å²) in [5.41, 5.74) is 2.68. The number of hydroxylamine groups is 1. The largest absolute Gasteiger partial charge is 0.477 e. The third kappa shape index (κ3) is 8.75. The van der Waals surface area contributed by atoms with E-state index in [-0.39, 0.29) is 12.0 Å². The molecule has 0 aliphatic rings. The minimum Gasteiger partial charge on any atom is -0.477 e. The Bertz CT molecular complexity index is 434. The molecule has 6 nitrogen and oxygen atoms in total. The van der Waals surface area contributed by atoms with Gasteiger partial charge in [0.1, 0.15) is 12.1 Å². The average Bonchev–Trinajstić information content (AvgIpc) is 2.52. The Morgan fingerprint density at radius 1 is 1.19 bits per heavy atom. The molecular formula is C15H27N2O4+. The number of nitrogens with one attached hydrogen (secondary N) is 1. The van der Waals surface area contributed by atoms with Crippen LogP contribution in [0.4, 0.5) is 0 Å². The van der Waals surface area contributed by atoms with Gasteiger partial charge in [-0.05, 0) is 6.07 Å². The van der Waals surface area contributed by atoms with Crippen LogP contribution in [0, 0.1) is 6.92 Å². The molecule has 0 bridgehead atoms. The number of carbonyl (C=O) groups excluding carboxylic acids is 1. The van der Waals surface area contributed by atoms with Crippen molar-refractivity contribution in [3.05, 3.63) is 29.6 Å². The molecule has 1 rings (SSSR count). The number of aryl methyl sites for hydroxylation is 2. The Morgan fingerprint density at radius 2 is 1.76 bits per heavy atom. The number of hydrogen-bond acceptors (Lipinski definition) is 3. The van der Waals surface area contributed by atoms with Gasteiger partial charge in [0, 0.05) is 25.8 Å². The third-order valence-electron chi connectivity index (χ3n) is 2.43. The number of pyridine rings is 1. The maximum Gasteiger partial charge on any atom is 0.341 e. The van der Waals surface area contributed by atoms with E-state index in [1.807, 2.05) is 34.6 Å². The van der Waals surface area contributed by atoms with Crippen LogP contribution in [-0.4, -0.2) is 22.2 Å². The summed E-state index contributed by atoms with van der Waals surface area (Å²) in [6.45, 7) is 10.4. The van der Waals surface area contributed by atoms with E-state index >= 15 is 0 Å². The van der Waals surface area contributed by atoms with Crippen LogP contribution in [0.1, 0.15) is 56.6 Å². The van der Waals surface area contributed by atoms with Gasteiger partial charge >= 0.3 is 5.97 Å². The molecule has 0 spiro atoms. The lowest BCUT2D eigenvalue weighted by Crippen LogP contribution is -2.38. The lowest BCUT2D eigenvalue weighted by molar-refractivity contribution is -0.703. The maximum atomic E-state index is 10.8. The van der Waals surface area contributed by atoms with Gasteiger partial charge in [-0.2, -0.15) is 0 Å². The number of carbonyl (C=O) groups is 2. The first kappa shape index (κ1) is 21.4. The molecule has 6 heteroatoms. The first-order valence-corrected chi connectivity index (χ1v) is 7.21. The number of aromatic carboxylic acids is 1. The lowest BCUT2D eigenvalue weighted by atomic mass is 10.2. The van der Waals surface area contributed by atoms with Crippen molar-refractivity contribution in [3.8, 4) is 0 Å². The Balaban J connectivity index is 0. The number of carboxylic acid groups (broad SMARTS) is 1. The molecular weight excluding hydrogens is 272 g/mol. The number of nitrogens with zero attached hydrogens (tertiary/aromatic N) is 1. The van der Waals surface area contributed by atoms with Gasteiger partial charge in [-0.3, -0.25) is 10.0 Å². The summed E-state index contributed by atoms with van der Waals surface area (Å²) in [6.07, 6.45) is 2.26. The smallest absolute Gasteiger partial charge is 0.341 e. The van der Waals surface area contributed by atoms with Gasteiger partial charge in [0.05, 0.1) is 0 Å². The van der Waals surface area contributed by atoms with E-state index in [1.165, 1.54) is 12.3 Å². The van der Waals surface area contributed by atoms with Gasteiger partial charge in [0.15, 0.2) is 11.9 Å². The Labute approximate surface area is 126 Å². The Hall–Kier alpha value is -1.95. The van der Waals surface area contributed by atoms with E-state index in [0.717, 1.165) is 5.69 Å². The zero-order valence-corrected chi connectivity index (χ0v) is 13.5. The fourth-order valence-electron chi connectivity index (χ4n) is 1.45. The summed E-state index contributed by atoms with van der Waals surface area (Å²) >= 11 is 0. The molecule has 0 radical (unpaired) electrons. The molecule has 120 valence electrons. The second kappa shape index (κ2) is 13.1. The monoisotopic (exact) mass is 299 g/mol. The van der Waals surface area contributed by atoms with E-state index < -0.39 is 11.9 Å². The third-order valence-corrected chi connectivity index (χ3v) is 2.43. The van der Waals surface area contributed by atoms with Crippen LogP contribution in [0.5, 0.6) is 0 Å². The number of aromatic nitrogens is 1. The normalized spacial score (nSPS) is 8.67. The predicted octanol–water partition coefficient (Wildman–Crippen LogP) is 2.32. The topological polar surface area (TPSA) is 90.5 Å². The molecule has 3 N–H and O–H groups in total. The van der Waals surface area contributed by atoms with Crippen molar-refractivity contribution in [1.82, 2.24) is 5.48 Å². The predicted molar refractivity (Wildman–Crippen MR) is 80.2 cm³/mol. The standard InChI is InChI=1S/C11H14N2O4.2C2H6/c1-8-4-5-9(11(15)16)7-13(8)6-2-3-10(14)12-17;2*1-2/h4-5,7H,2-3,6H2,1H3,(H2-,12,14,15,16,17);2*1-2H3/p+1. The van der Waals surface area contributed by atoms with Crippen LogP contribution >= 0.6 is 0 Å². The van der Waals surface area contributed by atoms with Gasteiger partial charge in [-0.1, -0.05) is 27.7 Å². The number of carboxylic acids is 1. The molecule has 0 aromatic carbocycles. The van der Waals surface area contributed by atoms with Crippen LogP contribution in [0.3, 0.4) is 0 Å². The Morgan fingerprint density at radius 3 is 2.24 bits per heavy atom. The molecule has 0 unspecified atom stereocenters. The van der Waals surface area contributed by atoms with Crippen molar-refractivity contribution in [1.29, 1.82) is 0 Å². The van der Waals surface area contributed by atoms with Crippen molar-refractivity contribution in [2.24, 2.45) is 0 Å². The summed E-state index contributed by atoms with van der Waals surface area (Å²) in [5.74, 6) is -1.43. The molecule has 1 amide bonds. The molecule has 0 atom stereocenters. The van der Waals surface area contributed by atoms with E-state index in [9.17, 15) is 9.59 Å². The fourth-order valence-corrected chi connectivity index (χ4v) is 1.45. The minimum absolute atomic E-state index is 0.195. The molecule has 0 saturated carbocycles. The van der Waals surface area contributed by atoms with Crippen LogP contribution in [0.15, 0.2) is 18.3 Å². The molecule has 1 aromatic heterocycles. The van der Waals surface area contributed by atoms with Gasteiger partial charge in [0.2, 0.25) is 5.91 Å². The molecule has 0 fully saturated rings. The highest BCUT2D eigenvalue weighted by Gasteiger charge is 2.12. The molecule has 1 aromatic rings. The zero-order chi connectivity index (χ0) is 16.8. The molecule has 0 aliphatic heterocycles. The highest BCUT2D eigenvalue weighted by molar-refractivity contribution is 5.86. The van der Waals surface area contributed by atoms with Crippen molar-refractivity contribution in [2.45, 2.75) is 54.0 Å². The number of hydrogen-bond donors (Lipinski definition) is 3. The number of rotatable bonds is 5. The first-order valence-electron chi connectivity index (χ1n) is 7.21. The second-order valence-corrected chi connectivity index (χ2v) is 3.70. The summed E-state index contributed by atoms with van der Waals surface area (Å²) in [6, 6.07) is 3.25. The van der Waals surface area contributed by atoms with Crippen molar-refractivity contribution in [3.63, 3.8) is 0 Å². The SMILES string of the molecule is CC.CC.Cc1ccc(C(=O)O)c[n+]1CCCC(=O)NO. The van der Waals surface area contributed by atoms with Gasteiger partial charge in [0.25, 0.3) is 0 Å². The van der Waals surface area contributed by atoms with E-state index in [2.05, 4.69) is 0 Å². The van der Waals surface area contributed by atoms with Gasteiger partial charge in [-0.15, -0.1) is 0 Å². The highest BCUT2D eigenvalue weighted by atomic mass is 16.5. The zero-order valence-electron chi connectivity index (χ0n) is 13.5. The second-order valence-electron chi connectivity index (χ2n) is 3.70. The van der Waals surface area contributed by atoms with E-state index in [1.54, 1.807) is 16.1 Å². The summed E-state index contributed by atoms with van der Waals surface area (Å²) in [5, 5.41) is 17.2. The molecule has 0 saturated heterocycles. The lowest BCUT2D eigenvalue weighted by Gasteiger charge is -2.01. The summed E-state index contributed by atoms with van der Waals surface area (Å²) in [7, 11) is 0. The number of amides is 1. The van der Waals surface area contributed by atoms with Gasteiger partial charge < -0.3 is 5.11 Å². The Kier molecular flexibility index (Phi) is 13.3. The summed E-state index contributed by atoms with van der Waals surface area (Å²) in [4.78, 5) is 21.6. The van der Waals surface area contributed by atoms with Crippen LogP contribution in [0.25, 0.3) is 0 Å². The van der Waals surface area contributed by atoms with E-state index in [0.29, 0.717) is 13.0 Å². The minimum atomic E-state index is -0.980. The summed E-state index contributed by atoms with van der Waals surface area (Å²) < 4.78 is 1.77.